The molecule has 6 heteroatoms. The summed E-state index contributed by atoms with van der Waals surface area (Å²) in [5.74, 6) is 4.80. The summed E-state index contributed by atoms with van der Waals surface area (Å²) in [5, 5.41) is 12.6. The average Bonchev–Trinajstić information content (AvgIpc) is 2.78. The Morgan fingerprint density at radius 3 is 1.75 bits per heavy atom. The molecule has 0 saturated carbocycles. The van der Waals surface area contributed by atoms with Gasteiger partial charge in [0.25, 0.3) is 5.91 Å². The van der Waals surface area contributed by atoms with E-state index in [0.717, 1.165) is 11.1 Å². The number of anilines is 1. The van der Waals surface area contributed by atoms with Crippen molar-refractivity contribution in [3.8, 4) is 11.8 Å². The van der Waals surface area contributed by atoms with E-state index in [-0.39, 0.29) is 7.43 Å². The number of aliphatic hydroxyl groups is 1. The molecular formula is C26H34N2O4. The molecule has 2 aromatic carbocycles. The largest absolute Gasteiger partial charge is 0.467 e. The lowest BCUT2D eigenvalue weighted by Crippen LogP contribution is -2.54. The summed E-state index contributed by atoms with van der Waals surface area (Å²) in [6.45, 7) is 14.8. The molecule has 2 rings (SSSR count). The fraction of sp³-hybridized carbons (Fsp3) is 0.231. The highest BCUT2D eigenvalue weighted by molar-refractivity contribution is 5.97. The first-order valence-corrected chi connectivity index (χ1v) is 9.29. The average molecular weight is 439 g/mol. The lowest BCUT2D eigenvalue weighted by atomic mass is 9.98. The normalized spacial score (nSPS) is 10.1. The summed E-state index contributed by atoms with van der Waals surface area (Å²) < 4.78 is 4.64. The molecule has 2 aromatic rings. The standard InChI is InChI=1S/C21H22N2O4.2C2H4.CH4/c1-21(2,26)18(20(25)27-3)23-19(24)16-10-6-14(7-11-16)4-5-15-8-12-17(22)13-9-15;2*1-2;/h6-13,18,26H,22H2,1-3H3,(H,23,24);2*1-2H2;1H4. The molecule has 6 nitrogen and oxygen atoms in total. The van der Waals surface area contributed by atoms with Gasteiger partial charge in [-0.15, -0.1) is 26.3 Å². The van der Waals surface area contributed by atoms with E-state index in [2.05, 4.69) is 48.2 Å². The van der Waals surface area contributed by atoms with Crippen LogP contribution < -0.4 is 11.1 Å². The lowest BCUT2D eigenvalue weighted by molar-refractivity contribution is -0.148. The van der Waals surface area contributed by atoms with Gasteiger partial charge in [0.05, 0.1) is 12.7 Å². The lowest BCUT2D eigenvalue weighted by Gasteiger charge is -2.27. The van der Waals surface area contributed by atoms with Crippen molar-refractivity contribution in [2.75, 3.05) is 12.8 Å². The number of hydrogen-bond donors (Lipinski definition) is 3. The number of nitrogen functional groups attached to an aromatic ring is 1. The molecule has 0 aliphatic heterocycles. The predicted octanol–water partition coefficient (Wildman–Crippen LogP) is 3.95. The molecule has 0 saturated heterocycles. The number of benzene rings is 2. The van der Waals surface area contributed by atoms with E-state index in [9.17, 15) is 14.7 Å². The first kappa shape index (κ1) is 30.4. The number of nitrogens with two attached hydrogens (primary N) is 1. The van der Waals surface area contributed by atoms with Crippen LogP contribution in [0, 0.1) is 11.8 Å². The van der Waals surface area contributed by atoms with Crippen molar-refractivity contribution in [2.24, 2.45) is 0 Å². The molecule has 4 N–H and O–H groups in total. The van der Waals surface area contributed by atoms with Crippen molar-refractivity contribution < 1.29 is 19.4 Å². The number of carbonyl (C=O) groups is 2. The molecule has 0 radical (unpaired) electrons. The Labute approximate surface area is 191 Å². The predicted molar refractivity (Wildman–Crippen MR) is 132 cm³/mol. The number of esters is 1. The van der Waals surface area contributed by atoms with Gasteiger partial charge in [-0.05, 0) is 62.4 Å². The molecule has 0 spiro atoms. The van der Waals surface area contributed by atoms with E-state index in [1.165, 1.54) is 21.0 Å². The van der Waals surface area contributed by atoms with Gasteiger partial charge in [0, 0.05) is 22.4 Å². The number of hydrogen-bond acceptors (Lipinski definition) is 5. The number of carbonyl (C=O) groups excluding carboxylic acids is 2. The number of amides is 1. The SMILES string of the molecule is C.C=C.C=C.COC(=O)C(NC(=O)c1ccc(C#Cc2ccc(N)cc2)cc1)C(C)(C)O. The molecule has 0 aromatic heterocycles. The third-order valence-corrected chi connectivity index (χ3v) is 3.83. The molecular weight excluding hydrogens is 404 g/mol. The van der Waals surface area contributed by atoms with Crippen LogP contribution in [-0.2, 0) is 9.53 Å². The Morgan fingerprint density at radius 2 is 1.38 bits per heavy atom. The number of methoxy groups -OCH3 is 1. The molecule has 1 amide bonds. The highest BCUT2D eigenvalue weighted by Gasteiger charge is 2.35. The van der Waals surface area contributed by atoms with E-state index >= 15 is 0 Å². The second-order valence-electron chi connectivity index (χ2n) is 6.53. The maximum atomic E-state index is 12.4. The van der Waals surface area contributed by atoms with Crippen LogP contribution in [0.2, 0.25) is 0 Å². The summed E-state index contributed by atoms with van der Waals surface area (Å²) in [6.07, 6.45) is 0. The summed E-state index contributed by atoms with van der Waals surface area (Å²) in [5.41, 5.74) is 6.75. The van der Waals surface area contributed by atoms with Crippen LogP contribution in [0.4, 0.5) is 5.69 Å². The third-order valence-electron chi connectivity index (χ3n) is 3.83. The second kappa shape index (κ2) is 15.1. The Balaban J connectivity index is 0. The molecule has 1 atom stereocenters. The molecule has 0 aliphatic rings. The molecule has 0 aliphatic carbocycles. The first-order chi connectivity index (χ1) is 14.7. The van der Waals surface area contributed by atoms with Crippen LogP contribution in [0.5, 0.6) is 0 Å². The molecule has 0 bridgehead atoms. The van der Waals surface area contributed by atoms with Gasteiger partial charge in [-0.1, -0.05) is 19.3 Å². The molecule has 0 heterocycles. The topological polar surface area (TPSA) is 102 Å². The summed E-state index contributed by atoms with van der Waals surface area (Å²) >= 11 is 0. The van der Waals surface area contributed by atoms with Crippen molar-refractivity contribution in [2.45, 2.75) is 32.9 Å². The van der Waals surface area contributed by atoms with Crippen LogP contribution >= 0.6 is 0 Å². The van der Waals surface area contributed by atoms with Crippen molar-refractivity contribution in [1.82, 2.24) is 5.32 Å². The number of rotatable bonds is 4. The highest BCUT2D eigenvalue weighted by Crippen LogP contribution is 2.12. The Hall–Kier alpha value is -3.82. The first-order valence-electron chi connectivity index (χ1n) is 9.29. The van der Waals surface area contributed by atoms with E-state index in [4.69, 9.17) is 5.73 Å². The van der Waals surface area contributed by atoms with Crippen LogP contribution in [0.15, 0.2) is 74.8 Å². The fourth-order valence-electron chi connectivity index (χ4n) is 2.27. The molecule has 0 fully saturated rings. The maximum absolute atomic E-state index is 12.4. The zero-order chi connectivity index (χ0) is 24.0. The van der Waals surface area contributed by atoms with E-state index in [0.29, 0.717) is 11.3 Å². The minimum Gasteiger partial charge on any atom is -0.467 e. The van der Waals surface area contributed by atoms with Crippen LogP contribution in [0.25, 0.3) is 0 Å². The second-order valence-corrected chi connectivity index (χ2v) is 6.53. The van der Waals surface area contributed by atoms with E-state index < -0.39 is 23.5 Å². The Bertz CT molecular complexity index is 900. The monoisotopic (exact) mass is 438 g/mol. The van der Waals surface area contributed by atoms with Crippen molar-refractivity contribution in [3.05, 3.63) is 91.5 Å². The van der Waals surface area contributed by atoms with E-state index in [1.807, 2.05) is 12.1 Å². The molecule has 32 heavy (non-hydrogen) atoms. The van der Waals surface area contributed by atoms with Gasteiger partial charge < -0.3 is 20.9 Å². The third kappa shape index (κ3) is 9.79. The Morgan fingerprint density at radius 1 is 0.969 bits per heavy atom. The quantitative estimate of drug-likeness (QED) is 0.290. The minimum atomic E-state index is -1.47. The van der Waals surface area contributed by atoms with E-state index in [1.54, 1.807) is 36.4 Å². The van der Waals surface area contributed by atoms with Crippen molar-refractivity contribution in [1.29, 1.82) is 0 Å². The molecule has 1 unspecified atom stereocenters. The van der Waals surface area contributed by atoms with Crippen LogP contribution in [-0.4, -0.2) is 35.7 Å². The van der Waals surface area contributed by atoms with Crippen LogP contribution in [0.3, 0.4) is 0 Å². The van der Waals surface area contributed by atoms with Gasteiger partial charge in [-0.25, -0.2) is 4.79 Å². The zero-order valence-electron chi connectivity index (χ0n) is 18.3. The van der Waals surface area contributed by atoms with Crippen molar-refractivity contribution in [3.63, 3.8) is 0 Å². The molecule has 172 valence electrons. The van der Waals surface area contributed by atoms with Crippen molar-refractivity contribution >= 4 is 17.6 Å². The van der Waals surface area contributed by atoms with Crippen LogP contribution in [0.1, 0.15) is 42.8 Å². The van der Waals surface area contributed by atoms with Gasteiger partial charge >= 0.3 is 5.97 Å². The highest BCUT2D eigenvalue weighted by atomic mass is 16.5. The fourth-order valence-corrected chi connectivity index (χ4v) is 2.27. The minimum absolute atomic E-state index is 0. The summed E-state index contributed by atoms with van der Waals surface area (Å²) in [6, 6.07) is 12.6. The number of ether oxygens (including phenoxy) is 1. The smallest absolute Gasteiger partial charge is 0.331 e. The van der Waals surface area contributed by atoms with Gasteiger partial charge in [0.1, 0.15) is 0 Å². The summed E-state index contributed by atoms with van der Waals surface area (Å²) in [7, 11) is 1.20. The Kier molecular flexibility index (Phi) is 14.3. The van der Waals surface area contributed by atoms with Gasteiger partial charge in [-0.3, -0.25) is 4.79 Å². The van der Waals surface area contributed by atoms with Gasteiger partial charge in [0.2, 0.25) is 0 Å². The maximum Gasteiger partial charge on any atom is 0.331 e. The van der Waals surface area contributed by atoms with Gasteiger partial charge in [0.15, 0.2) is 6.04 Å². The van der Waals surface area contributed by atoms with Gasteiger partial charge in [-0.2, -0.15) is 0 Å². The summed E-state index contributed by atoms with van der Waals surface area (Å²) in [4.78, 5) is 24.2. The number of nitrogens with one attached hydrogen (secondary N) is 1. The zero-order valence-corrected chi connectivity index (χ0v) is 18.3.